The van der Waals surface area contributed by atoms with Gasteiger partial charge in [-0.2, -0.15) is 13.2 Å². The van der Waals surface area contributed by atoms with E-state index >= 15 is 0 Å². The molecule has 1 aliphatic carbocycles. The highest BCUT2D eigenvalue weighted by Crippen LogP contribution is 2.30. The molecule has 1 aromatic heterocycles. The van der Waals surface area contributed by atoms with E-state index in [4.69, 9.17) is 5.73 Å². The molecule has 1 heterocycles. The van der Waals surface area contributed by atoms with Gasteiger partial charge in [0.15, 0.2) is 0 Å². The van der Waals surface area contributed by atoms with Crippen molar-refractivity contribution in [3.8, 4) is 0 Å². The van der Waals surface area contributed by atoms with Crippen molar-refractivity contribution >= 4 is 5.91 Å². The van der Waals surface area contributed by atoms with Crippen LogP contribution in [0.5, 0.6) is 0 Å². The maximum absolute atomic E-state index is 12.6. The summed E-state index contributed by atoms with van der Waals surface area (Å²) in [5.41, 5.74) is 4.52. The molecule has 0 aromatic carbocycles. The number of hydrogen-bond donors (Lipinski definition) is 2. The summed E-state index contributed by atoms with van der Waals surface area (Å²) in [6.07, 6.45) is -0.947. The zero-order chi connectivity index (χ0) is 15.7. The summed E-state index contributed by atoms with van der Waals surface area (Å²) in [5, 5.41) is 2.87. The van der Waals surface area contributed by atoms with Crippen molar-refractivity contribution in [2.45, 2.75) is 44.3 Å². The molecule has 1 saturated carbocycles. The molecule has 3 N–H and O–H groups in total. The fourth-order valence-electron chi connectivity index (χ4n) is 2.70. The second-order valence-corrected chi connectivity index (χ2v) is 5.47. The number of carbonyl (C=O) groups is 1. The zero-order valence-electron chi connectivity index (χ0n) is 11.8. The van der Waals surface area contributed by atoms with E-state index in [1.807, 2.05) is 0 Å². The molecule has 116 valence electrons. The number of carbonyl (C=O) groups excluding carboxylic acids is 1. The average molecular weight is 301 g/mol. The smallest absolute Gasteiger partial charge is 0.345 e. The van der Waals surface area contributed by atoms with Crippen molar-refractivity contribution in [1.29, 1.82) is 0 Å². The molecule has 0 bridgehead atoms. The van der Waals surface area contributed by atoms with Crippen LogP contribution in [0.3, 0.4) is 0 Å². The number of amides is 1. The molecule has 0 aliphatic heterocycles. The van der Waals surface area contributed by atoms with E-state index in [1.54, 1.807) is 0 Å². The van der Waals surface area contributed by atoms with Gasteiger partial charge in [-0.15, -0.1) is 0 Å². The number of aromatic nitrogens is 1. The Balaban J connectivity index is 2.20. The van der Waals surface area contributed by atoms with E-state index in [1.165, 1.54) is 13.0 Å². The Kier molecular flexibility index (Phi) is 4.22. The first-order chi connectivity index (χ1) is 9.77. The Hall–Kier alpha value is -1.63. The molecule has 1 aromatic rings. The molecule has 21 heavy (non-hydrogen) atoms. The molecule has 1 amide bonds. The summed E-state index contributed by atoms with van der Waals surface area (Å²) in [6, 6.07) is 1.99. The maximum atomic E-state index is 12.6. The van der Waals surface area contributed by atoms with E-state index in [-0.39, 0.29) is 11.3 Å². The quantitative estimate of drug-likeness (QED) is 0.901. The molecule has 0 unspecified atom stereocenters. The van der Waals surface area contributed by atoms with Crippen molar-refractivity contribution in [1.82, 2.24) is 10.3 Å². The van der Waals surface area contributed by atoms with Gasteiger partial charge in [-0.25, -0.2) is 4.98 Å². The summed E-state index contributed by atoms with van der Waals surface area (Å²) in [5.74, 6) is -0.416. The molecule has 7 heteroatoms. The number of alkyl halides is 3. The number of pyridine rings is 1. The molecule has 1 fully saturated rings. The van der Waals surface area contributed by atoms with Gasteiger partial charge >= 0.3 is 6.18 Å². The van der Waals surface area contributed by atoms with Crippen molar-refractivity contribution < 1.29 is 18.0 Å². The Bertz CT molecular complexity index is 537. The number of nitrogens with zero attached hydrogens (tertiary/aromatic N) is 1. The van der Waals surface area contributed by atoms with Gasteiger partial charge in [-0.3, -0.25) is 4.79 Å². The zero-order valence-corrected chi connectivity index (χ0v) is 11.8. The van der Waals surface area contributed by atoms with Gasteiger partial charge in [0, 0.05) is 6.54 Å². The Labute approximate surface area is 120 Å². The van der Waals surface area contributed by atoms with E-state index < -0.39 is 23.3 Å². The number of aryl methyl sites for hydroxylation is 1. The molecular formula is C14H18F3N3O. The second-order valence-electron chi connectivity index (χ2n) is 5.47. The highest BCUT2D eigenvalue weighted by Gasteiger charge is 2.36. The predicted molar refractivity (Wildman–Crippen MR) is 71.7 cm³/mol. The number of halogens is 3. The Morgan fingerprint density at radius 3 is 2.48 bits per heavy atom. The molecule has 0 spiro atoms. The molecule has 1 aliphatic rings. The fourth-order valence-corrected chi connectivity index (χ4v) is 2.70. The summed E-state index contributed by atoms with van der Waals surface area (Å²) in [4.78, 5) is 15.7. The topological polar surface area (TPSA) is 68.0 Å². The van der Waals surface area contributed by atoms with Gasteiger partial charge in [-0.05, 0) is 31.9 Å². The predicted octanol–water partition coefficient (Wildman–Crippen LogP) is 2.41. The van der Waals surface area contributed by atoms with Crippen LogP contribution in [0.25, 0.3) is 0 Å². The van der Waals surface area contributed by atoms with Crippen LogP contribution in [-0.2, 0) is 6.18 Å². The van der Waals surface area contributed by atoms with E-state index in [0.717, 1.165) is 31.7 Å². The standard InChI is InChI=1S/C14H18F3N3O/c1-9-10(4-5-11(19-9)14(15,16)17)12(21)20-13(8-18)6-2-3-7-13/h4-5H,2-3,6-8,18H2,1H3,(H,20,21). The number of nitrogens with one attached hydrogen (secondary N) is 1. The first-order valence-corrected chi connectivity index (χ1v) is 6.85. The van der Waals surface area contributed by atoms with Crippen LogP contribution in [0.4, 0.5) is 13.2 Å². The monoisotopic (exact) mass is 301 g/mol. The van der Waals surface area contributed by atoms with Gasteiger partial charge in [-0.1, -0.05) is 12.8 Å². The molecule has 0 saturated heterocycles. The van der Waals surface area contributed by atoms with Gasteiger partial charge in [0.05, 0.1) is 16.8 Å². The van der Waals surface area contributed by atoms with Crippen LogP contribution >= 0.6 is 0 Å². The van der Waals surface area contributed by atoms with Crippen molar-refractivity contribution in [2.75, 3.05) is 6.54 Å². The van der Waals surface area contributed by atoms with Crippen LogP contribution in [-0.4, -0.2) is 23.0 Å². The first-order valence-electron chi connectivity index (χ1n) is 6.85. The Morgan fingerprint density at radius 2 is 2.00 bits per heavy atom. The molecule has 0 radical (unpaired) electrons. The minimum absolute atomic E-state index is 0.0625. The summed E-state index contributed by atoms with van der Waals surface area (Å²) in [6.45, 7) is 1.72. The number of rotatable bonds is 3. The Morgan fingerprint density at radius 1 is 1.38 bits per heavy atom. The minimum atomic E-state index is -4.51. The first kappa shape index (κ1) is 15.8. The third kappa shape index (κ3) is 3.34. The lowest BCUT2D eigenvalue weighted by Gasteiger charge is -2.29. The molecular weight excluding hydrogens is 283 g/mol. The van der Waals surface area contributed by atoms with E-state index in [9.17, 15) is 18.0 Å². The third-order valence-corrected chi connectivity index (χ3v) is 3.95. The van der Waals surface area contributed by atoms with Gasteiger partial charge in [0.2, 0.25) is 0 Å². The lowest BCUT2D eigenvalue weighted by Crippen LogP contribution is -2.51. The van der Waals surface area contributed by atoms with Crippen LogP contribution in [0.15, 0.2) is 12.1 Å². The van der Waals surface area contributed by atoms with Crippen molar-refractivity contribution in [3.05, 3.63) is 29.1 Å². The second kappa shape index (κ2) is 5.63. The van der Waals surface area contributed by atoms with E-state index in [2.05, 4.69) is 10.3 Å². The largest absolute Gasteiger partial charge is 0.433 e. The van der Waals surface area contributed by atoms with Crippen LogP contribution < -0.4 is 11.1 Å². The van der Waals surface area contributed by atoms with Crippen LogP contribution in [0, 0.1) is 6.92 Å². The van der Waals surface area contributed by atoms with E-state index in [0.29, 0.717) is 6.54 Å². The van der Waals surface area contributed by atoms with Gasteiger partial charge < -0.3 is 11.1 Å². The number of hydrogen-bond acceptors (Lipinski definition) is 3. The minimum Gasteiger partial charge on any atom is -0.345 e. The van der Waals surface area contributed by atoms with Crippen molar-refractivity contribution in [2.24, 2.45) is 5.73 Å². The van der Waals surface area contributed by atoms with Crippen molar-refractivity contribution in [3.63, 3.8) is 0 Å². The lowest BCUT2D eigenvalue weighted by molar-refractivity contribution is -0.141. The number of nitrogens with two attached hydrogens (primary N) is 1. The maximum Gasteiger partial charge on any atom is 0.433 e. The van der Waals surface area contributed by atoms with Crippen LogP contribution in [0.2, 0.25) is 0 Å². The average Bonchev–Trinajstić information content (AvgIpc) is 2.86. The molecule has 4 nitrogen and oxygen atoms in total. The van der Waals surface area contributed by atoms with Gasteiger partial charge in [0.25, 0.3) is 5.91 Å². The highest BCUT2D eigenvalue weighted by molar-refractivity contribution is 5.95. The van der Waals surface area contributed by atoms with Gasteiger partial charge in [0.1, 0.15) is 5.69 Å². The SMILES string of the molecule is Cc1nc(C(F)(F)F)ccc1C(=O)NC1(CN)CCCC1. The fraction of sp³-hybridized carbons (Fsp3) is 0.571. The lowest BCUT2D eigenvalue weighted by atomic mass is 9.97. The summed E-state index contributed by atoms with van der Waals surface area (Å²) >= 11 is 0. The normalized spacial score (nSPS) is 17.8. The summed E-state index contributed by atoms with van der Waals surface area (Å²) in [7, 11) is 0. The molecule has 0 atom stereocenters. The highest BCUT2D eigenvalue weighted by atomic mass is 19.4. The third-order valence-electron chi connectivity index (χ3n) is 3.95. The molecule has 2 rings (SSSR count). The summed E-state index contributed by atoms with van der Waals surface area (Å²) < 4.78 is 37.7. The van der Waals surface area contributed by atoms with Crippen LogP contribution in [0.1, 0.15) is 47.4 Å².